The van der Waals surface area contributed by atoms with Crippen molar-refractivity contribution in [2.24, 2.45) is 11.7 Å². The van der Waals surface area contributed by atoms with E-state index < -0.39 is 0 Å². The Morgan fingerprint density at radius 2 is 1.95 bits per heavy atom. The predicted octanol–water partition coefficient (Wildman–Crippen LogP) is 2.86. The molecule has 0 aromatic heterocycles. The third kappa shape index (κ3) is 5.92. The standard InChI is InChI=1S/C17H26N2/c1-14(2)12-19(15(3)4)13-17-8-5-7-16(11-17)9-6-10-18/h5,7-8,11,14-15H,10,12-13,18H2,1-4H3. The molecule has 0 aliphatic heterocycles. The average Bonchev–Trinajstić information content (AvgIpc) is 2.35. The summed E-state index contributed by atoms with van der Waals surface area (Å²) in [7, 11) is 0. The number of hydrogen-bond donors (Lipinski definition) is 1. The highest BCUT2D eigenvalue weighted by atomic mass is 15.1. The Bertz CT molecular complexity index is 438. The zero-order valence-electron chi connectivity index (χ0n) is 12.6. The van der Waals surface area contributed by atoms with Crippen LogP contribution in [0.25, 0.3) is 0 Å². The third-order valence-corrected chi connectivity index (χ3v) is 2.98. The van der Waals surface area contributed by atoms with Crippen LogP contribution < -0.4 is 5.73 Å². The second-order valence-corrected chi connectivity index (χ2v) is 5.62. The van der Waals surface area contributed by atoms with Crippen LogP contribution in [0.1, 0.15) is 38.8 Å². The molecule has 1 rings (SSSR count). The first-order valence-corrected chi connectivity index (χ1v) is 7.05. The van der Waals surface area contributed by atoms with Crippen molar-refractivity contribution in [3.8, 4) is 11.8 Å². The molecule has 0 aliphatic carbocycles. The number of hydrogen-bond acceptors (Lipinski definition) is 2. The van der Waals surface area contributed by atoms with Crippen LogP contribution in [0, 0.1) is 17.8 Å². The van der Waals surface area contributed by atoms with Crippen molar-refractivity contribution >= 4 is 0 Å². The van der Waals surface area contributed by atoms with Crippen molar-refractivity contribution in [2.75, 3.05) is 13.1 Å². The van der Waals surface area contributed by atoms with Crippen LogP contribution in [0.15, 0.2) is 24.3 Å². The maximum Gasteiger partial charge on any atom is 0.0555 e. The Labute approximate surface area is 118 Å². The molecule has 0 radical (unpaired) electrons. The van der Waals surface area contributed by atoms with E-state index in [-0.39, 0.29) is 0 Å². The molecule has 0 spiro atoms. The molecule has 0 amide bonds. The van der Waals surface area contributed by atoms with Gasteiger partial charge in [0.15, 0.2) is 0 Å². The topological polar surface area (TPSA) is 29.3 Å². The van der Waals surface area contributed by atoms with Gasteiger partial charge >= 0.3 is 0 Å². The third-order valence-electron chi connectivity index (χ3n) is 2.98. The van der Waals surface area contributed by atoms with Gasteiger partial charge in [0, 0.05) is 24.7 Å². The normalized spacial score (nSPS) is 10.9. The highest BCUT2D eigenvalue weighted by Gasteiger charge is 2.11. The molecule has 0 fully saturated rings. The fourth-order valence-electron chi connectivity index (χ4n) is 2.06. The molecule has 19 heavy (non-hydrogen) atoms. The number of rotatable bonds is 5. The second-order valence-electron chi connectivity index (χ2n) is 5.62. The molecular formula is C17H26N2. The van der Waals surface area contributed by atoms with Crippen molar-refractivity contribution in [1.29, 1.82) is 0 Å². The van der Waals surface area contributed by atoms with E-state index in [0.717, 1.165) is 18.7 Å². The minimum Gasteiger partial charge on any atom is -0.320 e. The highest BCUT2D eigenvalue weighted by molar-refractivity contribution is 5.37. The Balaban J connectivity index is 2.78. The molecule has 1 aromatic rings. The van der Waals surface area contributed by atoms with E-state index in [9.17, 15) is 0 Å². The van der Waals surface area contributed by atoms with Gasteiger partial charge in [0.2, 0.25) is 0 Å². The lowest BCUT2D eigenvalue weighted by Crippen LogP contribution is -2.33. The molecule has 104 valence electrons. The van der Waals surface area contributed by atoms with E-state index >= 15 is 0 Å². The first-order chi connectivity index (χ1) is 9.02. The van der Waals surface area contributed by atoms with Gasteiger partial charge in [0.1, 0.15) is 0 Å². The molecule has 2 N–H and O–H groups in total. The van der Waals surface area contributed by atoms with Gasteiger partial charge < -0.3 is 5.73 Å². The lowest BCUT2D eigenvalue weighted by molar-refractivity contribution is 0.189. The molecule has 0 bridgehead atoms. The van der Waals surface area contributed by atoms with E-state index in [0.29, 0.717) is 18.5 Å². The van der Waals surface area contributed by atoms with Crippen LogP contribution in [0.4, 0.5) is 0 Å². The lowest BCUT2D eigenvalue weighted by atomic mass is 10.1. The fraction of sp³-hybridized carbons (Fsp3) is 0.529. The Morgan fingerprint density at radius 1 is 1.21 bits per heavy atom. The summed E-state index contributed by atoms with van der Waals surface area (Å²) < 4.78 is 0. The lowest BCUT2D eigenvalue weighted by Gasteiger charge is -2.28. The summed E-state index contributed by atoms with van der Waals surface area (Å²) in [6.45, 7) is 11.5. The Hall–Kier alpha value is -1.30. The van der Waals surface area contributed by atoms with Crippen molar-refractivity contribution in [1.82, 2.24) is 4.90 Å². The monoisotopic (exact) mass is 258 g/mol. The largest absolute Gasteiger partial charge is 0.320 e. The maximum atomic E-state index is 5.41. The SMILES string of the molecule is CC(C)CN(Cc1cccc(C#CCN)c1)C(C)C. The van der Waals surface area contributed by atoms with Crippen molar-refractivity contribution < 1.29 is 0 Å². The average molecular weight is 258 g/mol. The highest BCUT2D eigenvalue weighted by Crippen LogP contribution is 2.12. The van der Waals surface area contributed by atoms with Gasteiger partial charge in [-0.15, -0.1) is 0 Å². The molecule has 0 aliphatic rings. The predicted molar refractivity (Wildman–Crippen MR) is 82.8 cm³/mol. The van der Waals surface area contributed by atoms with Crippen LogP contribution in [0.3, 0.4) is 0 Å². The molecule has 0 unspecified atom stereocenters. The van der Waals surface area contributed by atoms with E-state index in [1.54, 1.807) is 0 Å². The molecular weight excluding hydrogens is 232 g/mol. The van der Waals surface area contributed by atoms with Gasteiger partial charge in [-0.2, -0.15) is 0 Å². The Kier molecular flexibility index (Phi) is 6.62. The molecule has 0 atom stereocenters. The van der Waals surface area contributed by atoms with Crippen LogP contribution in [0.2, 0.25) is 0 Å². The number of nitrogens with two attached hydrogens (primary N) is 1. The molecule has 0 heterocycles. The van der Waals surface area contributed by atoms with Crippen molar-refractivity contribution in [3.63, 3.8) is 0 Å². The summed E-state index contributed by atoms with van der Waals surface area (Å²) in [6.07, 6.45) is 0. The van der Waals surface area contributed by atoms with Crippen LogP contribution in [-0.4, -0.2) is 24.0 Å². The smallest absolute Gasteiger partial charge is 0.0555 e. The van der Waals surface area contributed by atoms with E-state index in [2.05, 4.69) is 62.6 Å². The second kappa shape index (κ2) is 7.99. The fourth-order valence-corrected chi connectivity index (χ4v) is 2.06. The summed E-state index contributed by atoms with van der Waals surface area (Å²) in [5.74, 6) is 6.68. The van der Waals surface area contributed by atoms with Crippen LogP contribution in [-0.2, 0) is 6.54 Å². The molecule has 1 aromatic carbocycles. The summed E-state index contributed by atoms with van der Waals surface area (Å²) in [4.78, 5) is 2.50. The van der Waals surface area contributed by atoms with Crippen molar-refractivity contribution in [3.05, 3.63) is 35.4 Å². The van der Waals surface area contributed by atoms with E-state index in [1.165, 1.54) is 5.56 Å². The number of benzene rings is 1. The molecule has 2 nitrogen and oxygen atoms in total. The first-order valence-electron chi connectivity index (χ1n) is 7.05. The van der Waals surface area contributed by atoms with Crippen molar-refractivity contribution in [2.45, 2.75) is 40.3 Å². The van der Waals surface area contributed by atoms with Gasteiger partial charge in [-0.05, 0) is 37.5 Å². The maximum absolute atomic E-state index is 5.41. The summed E-state index contributed by atoms with van der Waals surface area (Å²) >= 11 is 0. The van der Waals surface area contributed by atoms with Gasteiger partial charge in [-0.25, -0.2) is 0 Å². The molecule has 0 saturated heterocycles. The summed E-state index contributed by atoms with van der Waals surface area (Å²) in [6, 6.07) is 9.00. The minimum absolute atomic E-state index is 0.412. The van der Waals surface area contributed by atoms with E-state index in [4.69, 9.17) is 5.73 Å². The van der Waals surface area contributed by atoms with Gasteiger partial charge in [0.05, 0.1) is 6.54 Å². The quantitative estimate of drug-likeness (QED) is 0.823. The summed E-state index contributed by atoms with van der Waals surface area (Å²) in [5, 5.41) is 0. The van der Waals surface area contributed by atoms with E-state index in [1.807, 2.05) is 6.07 Å². The van der Waals surface area contributed by atoms with Gasteiger partial charge in [0.25, 0.3) is 0 Å². The zero-order chi connectivity index (χ0) is 14.3. The van der Waals surface area contributed by atoms with Gasteiger partial charge in [-0.1, -0.05) is 37.8 Å². The Morgan fingerprint density at radius 3 is 2.53 bits per heavy atom. The minimum atomic E-state index is 0.412. The number of nitrogens with zero attached hydrogens (tertiary/aromatic N) is 1. The van der Waals surface area contributed by atoms with Crippen LogP contribution in [0.5, 0.6) is 0 Å². The zero-order valence-corrected chi connectivity index (χ0v) is 12.6. The van der Waals surface area contributed by atoms with Crippen LogP contribution >= 0.6 is 0 Å². The van der Waals surface area contributed by atoms with Gasteiger partial charge in [-0.3, -0.25) is 4.90 Å². The molecule has 2 heteroatoms. The first kappa shape index (κ1) is 15.8. The molecule has 0 saturated carbocycles. The summed E-state index contributed by atoms with van der Waals surface area (Å²) in [5.41, 5.74) is 7.78.